The predicted molar refractivity (Wildman–Crippen MR) is 46.7 cm³/mol. The normalized spacial score (nSPS) is 11.8. The van der Waals surface area contributed by atoms with Crippen LogP contribution in [0.2, 0.25) is 0 Å². The van der Waals surface area contributed by atoms with E-state index in [9.17, 15) is 13.2 Å². The Balaban J connectivity index is 3.26. The van der Waals surface area contributed by atoms with E-state index in [1.165, 1.54) is 6.20 Å². The molecule has 5 heteroatoms. The quantitative estimate of drug-likeness (QED) is 0.668. The smallest absolute Gasteiger partial charge is 0.260 e. The summed E-state index contributed by atoms with van der Waals surface area (Å²) >= 11 is 1.65. The van der Waals surface area contributed by atoms with Crippen molar-refractivity contribution in [2.45, 2.75) is 13.1 Å². The fraction of sp³-hybridized carbons (Fsp3) is 0.286. The van der Waals surface area contributed by atoms with Crippen LogP contribution >= 0.6 is 22.6 Å². The second kappa shape index (κ2) is 3.20. The van der Waals surface area contributed by atoms with Gasteiger partial charge in [0.05, 0.1) is 11.3 Å². The fourth-order valence-electron chi connectivity index (χ4n) is 0.767. The molecule has 1 heterocycles. The molecule has 0 amide bonds. The molecule has 0 radical (unpaired) electrons. The monoisotopic (exact) mass is 287 g/mol. The lowest BCUT2D eigenvalue weighted by atomic mass is 10.2. The molecule has 1 nitrogen and oxygen atoms in total. The molecule has 0 saturated heterocycles. The van der Waals surface area contributed by atoms with E-state index in [2.05, 4.69) is 4.98 Å². The SMILES string of the molecule is Cc1nccc(C(F)(F)F)c1I. The van der Waals surface area contributed by atoms with Gasteiger partial charge in [0.2, 0.25) is 0 Å². The van der Waals surface area contributed by atoms with Gasteiger partial charge in [-0.3, -0.25) is 4.98 Å². The third-order valence-corrected chi connectivity index (χ3v) is 2.73. The molecule has 0 aromatic carbocycles. The van der Waals surface area contributed by atoms with Gasteiger partial charge < -0.3 is 0 Å². The first kappa shape index (κ1) is 9.76. The molecular formula is C7H5F3IN. The lowest BCUT2D eigenvalue weighted by Crippen LogP contribution is -2.08. The maximum atomic E-state index is 12.2. The Bertz CT molecular complexity index is 295. The van der Waals surface area contributed by atoms with Crippen molar-refractivity contribution >= 4 is 22.6 Å². The Morgan fingerprint density at radius 1 is 1.42 bits per heavy atom. The number of aromatic nitrogens is 1. The third-order valence-electron chi connectivity index (χ3n) is 1.37. The molecule has 0 aliphatic rings. The average Bonchev–Trinajstić information content (AvgIpc) is 1.92. The molecule has 0 aliphatic heterocycles. The lowest BCUT2D eigenvalue weighted by Gasteiger charge is -2.09. The minimum absolute atomic E-state index is 0.169. The van der Waals surface area contributed by atoms with E-state index in [4.69, 9.17) is 0 Å². The van der Waals surface area contributed by atoms with Crippen LogP contribution in [0.3, 0.4) is 0 Å². The first-order valence-corrected chi connectivity index (χ1v) is 4.19. The highest BCUT2D eigenvalue weighted by molar-refractivity contribution is 14.1. The second-order valence-electron chi connectivity index (χ2n) is 2.26. The Kier molecular flexibility index (Phi) is 2.60. The highest BCUT2D eigenvalue weighted by Crippen LogP contribution is 2.32. The Morgan fingerprint density at radius 2 is 2.00 bits per heavy atom. The molecule has 1 aromatic heterocycles. The third kappa shape index (κ3) is 1.88. The maximum Gasteiger partial charge on any atom is 0.417 e. The predicted octanol–water partition coefficient (Wildman–Crippen LogP) is 3.01. The fourth-order valence-corrected chi connectivity index (χ4v) is 1.39. The van der Waals surface area contributed by atoms with Gasteiger partial charge in [-0.25, -0.2) is 0 Å². The first-order chi connectivity index (χ1) is 5.43. The van der Waals surface area contributed by atoms with Gasteiger partial charge >= 0.3 is 6.18 Å². The van der Waals surface area contributed by atoms with Gasteiger partial charge in [0, 0.05) is 9.77 Å². The Labute approximate surface area is 81.1 Å². The first-order valence-electron chi connectivity index (χ1n) is 3.11. The average molecular weight is 287 g/mol. The zero-order chi connectivity index (χ0) is 9.35. The van der Waals surface area contributed by atoms with E-state index in [1.54, 1.807) is 29.5 Å². The summed E-state index contributed by atoms with van der Waals surface area (Å²) in [5.74, 6) is 0. The van der Waals surface area contributed by atoms with Gasteiger partial charge in [-0.2, -0.15) is 13.2 Å². The van der Waals surface area contributed by atoms with Crippen molar-refractivity contribution < 1.29 is 13.2 Å². The zero-order valence-corrected chi connectivity index (χ0v) is 8.27. The Hall–Kier alpha value is -0.330. The van der Waals surface area contributed by atoms with Crippen LogP contribution in [-0.4, -0.2) is 4.98 Å². The molecule has 12 heavy (non-hydrogen) atoms. The summed E-state index contributed by atoms with van der Waals surface area (Å²) in [5, 5.41) is 0. The molecule has 0 fully saturated rings. The molecule has 0 N–H and O–H groups in total. The number of rotatable bonds is 0. The van der Waals surface area contributed by atoms with Crippen LogP contribution in [0.4, 0.5) is 13.2 Å². The van der Waals surface area contributed by atoms with E-state index < -0.39 is 11.7 Å². The number of hydrogen-bond acceptors (Lipinski definition) is 1. The van der Waals surface area contributed by atoms with Crippen LogP contribution < -0.4 is 0 Å². The van der Waals surface area contributed by atoms with Gasteiger partial charge in [-0.05, 0) is 35.6 Å². The van der Waals surface area contributed by atoms with Crippen molar-refractivity contribution in [1.82, 2.24) is 4.98 Å². The van der Waals surface area contributed by atoms with E-state index in [1.807, 2.05) is 0 Å². The molecule has 0 aliphatic carbocycles. The van der Waals surface area contributed by atoms with Crippen LogP contribution in [0.5, 0.6) is 0 Å². The van der Waals surface area contributed by atoms with E-state index in [0.29, 0.717) is 5.69 Å². The van der Waals surface area contributed by atoms with Gasteiger partial charge in [0.25, 0.3) is 0 Å². The summed E-state index contributed by atoms with van der Waals surface area (Å²) in [6.45, 7) is 1.55. The highest BCUT2D eigenvalue weighted by atomic mass is 127. The molecule has 0 bridgehead atoms. The van der Waals surface area contributed by atoms with Gasteiger partial charge in [0.1, 0.15) is 0 Å². The van der Waals surface area contributed by atoms with Crippen molar-refractivity contribution in [1.29, 1.82) is 0 Å². The van der Waals surface area contributed by atoms with Crippen LogP contribution in [-0.2, 0) is 6.18 Å². The van der Waals surface area contributed by atoms with Crippen molar-refractivity contribution in [3.8, 4) is 0 Å². The summed E-state index contributed by atoms with van der Waals surface area (Å²) in [4.78, 5) is 3.75. The van der Waals surface area contributed by atoms with E-state index in [-0.39, 0.29) is 3.57 Å². The van der Waals surface area contributed by atoms with Crippen LogP contribution in [0.1, 0.15) is 11.3 Å². The van der Waals surface area contributed by atoms with E-state index >= 15 is 0 Å². The second-order valence-corrected chi connectivity index (χ2v) is 3.33. The maximum absolute atomic E-state index is 12.2. The molecule has 0 saturated carbocycles. The Morgan fingerprint density at radius 3 is 2.42 bits per heavy atom. The molecule has 0 atom stereocenters. The van der Waals surface area contributed by atoms with Crippen LogP contribution in [0.15, 0.2) is 12.3 Å². The van der Waals surface area contributed by atoms with Gasteiger partial charge in [-0.15, -0.1) is 0 Å². The van der Waals surface area contributed by atoms with E-state index in [0.717, 1.165) is 6.07 Å². The molecule has 1 aromatic rings. The standard InChI is InChI=1S/C7H5F3IN/c1-4-6(11)5(2-3-12-4)7(8,9)10/h2-3H,1H3. The molecule has 66 valence electrons. The number of hydrogen-bond donors (Lipinski definition) is 0. The summed E-state index contributed by atoms with van der Waals surface area (Å²) in [6, 6.07) is 0.981. The number of alkyl halides is 3. The van der Waals surface area contributed by atoms with Crippen molar-refractivity contribution in [2.75, 3.05) is 0 Å². The van der Waals surface area contributed by atoms with Gasteiger partial charge in [0.15, 0.2) is 0 Å². The van der Waals surface area contributed by atoms with Crippen LogP contribution in [0.25, 0.3) is 0 Å². The number of nitrogens with zero attached hydrogens (tertiary/aromatic N) is 1. The minimum Gasteiger partial charge on any atom is -0.260 e. The highest BCUT2D eigenvalue weighted by Gasteiger charge is 2.33. The number of aryl methyl sites for hydroxylation is 1. The lowest BCUT2D eigenvalue weighted by molar-refractivity contribution is -0.138. The summed E-state index contributed by atoms with van der Waals surface area (Å²) in [7, 11) is 0. The number of pyridine rings is 1. The van der Waals surface area contributed by atoms with Crippen molar-refractivity contribution in [2.24, 2.45) is 0 Å². The topological polar surface area (TPSA) is 12.9 Å². The summed E-state index contributed by atoms with van der Waals surface area (Å²) in [6.07, 6.45) is -3.11. The van der Waals surface area contributed by atoms with Crippen molar-refractivity contribution in [3.05, 3.63) is 27.1 Å². The minimum atomic E-state index is -4.27. The summed E-state index contributed by atoms with van der Waals surface area (Å²) < 4.78 is 36.8. The number of halogens is 4. The summed E-state index contributed by atoms with van der Waals surface area (Å²) in [5.41, 5.74) is -0.207. The molecular weight excluding hydrogens is 282 g/mol. The largest absolute Gasteiger partial charge is 0.417 e. The van der Waals surface area contributed by atoms with Gasteiger partial charge in [-0.1, -0.05) is 0 Å². The molecule has 1 rings (SSSR count). The van der Waals surface area contributed by atoms with Crippen molar-refractivity contribution in [3.63, 3.8) is 0 Å². The van der Waals surface area contributed by atoms with Crippen LogP contribution in [0, 0.1) is 10.5 Å². The molecule has 0 spiro atoms. The zero-order valence-electron chi connectivity index (χ0n) is 6.11. The molecule has 0 unspecified atom stereocenters.